The Kier molecular flexibility index (Phi) is 4.58. The first-order chi connectivity index (χ1) is 12.3. The second kappa shape index (κ2) is 6.70. The number of ketones is 1. The normalized spacial score (nSPS) is 13.3. The maximum atomic E-state index is 12.7. The molecular weight excluding hydrogens is 328 g/mol. The highest BCUT2D eigenvalue weighted by molar-refractivity contribution is 5.89. The number of Topliss-reactive ketones (excluding diaryl/α,β-unsaturated/α-hetero) is 1. The smallest absolute Gasteiger partial charge is 0.190 e. The zero-order chi connectivity index (χ0) is 18.9. The minimum Gasteiger partial charge on any atom is -0.380 e. The van der Waals surface area contributed by atoms with Crippen molar-refractivity contribution in [1.29, 1.82) is 0 Å². The predicted octanol–water partition coefficient (Wildman–Crippen LogP) is 3.16. The van der Waals surface area contributed by atoms with E-state index in [4.69, 9.17) is 6.57 Å². The van der Waals surface area contributed by atoms with Gasteiger partial charge in [0.05, 0.1) is 18.6 Å². The van der Waals surface area contributed by atoms with Crippen LogP contribution >= 0.6 is 0 Å². The number of aliphatic hydroxyl groups is 1. The molecular formula is C20H20N4O2. The highest BCUT2D eigenvalue weighted by atomic mass is 16.3. The lowest BCUT2D eigenvalue weighted by molar-refractivity contribution is -0.136. The molecule has 3 aromatic rings. The molecule has 1 atom stereocenters. The summed E-state index contributed by atoms with van der Waals surface area (Å²) in [4.78, 5) is 16.1. The largest absolute Gasteiger partial charge is 0.380 e. The fourth-order valence-corrected chi connectivity index (χ4v) is 2.90. The molecule has 0 fully saturated rings. The Balaban J connectivity index is 1.80. The Bertz CT molecular complexity index is 1030. The molecule has 2 aromatic carbocycles. The SMILES string of the molecule is [C-]#[N+]c1ccc(CC(=O)[C@@](C)(O)Cn2nnc3ccc(C)cc32)cc1C. The molecule has 6 heteroatoms. The zero-order valence-corrected chi connectivity index (χ0v) is 15.0. The predicted molar refractivity (Wildman–Crippen MR) is 99.0 cm³/mol. The maximum absolute atomic E-state index is 12.7. The van der Waals surface area contributed by atoms with E-state index < -0.39 is 5.60 Å². The lowest BCUT2D eigenvalue weighted by atomic mass is 9.94. The minimum atomic E-state index is -1.57. The van der Waals surface area contributed by atoms with E-state index in [1.165, 1.54) is 6.92 Å². The maximum Gasteiger partial charge on any atom is 0.190 e. The highest BCUT2D eigenvalue weighted by Gasteiger charge is 2.31. The van der Waals surface area contributed by atoms with Gasteiger partial charge >= 0.3 is 0 Å². The van der Waals surface area contributed by atoms with Crippen LogP contribution in [-0.4, -0.2) is 31.5 Å². The Hall–Kier alpha value is -3.04. The molecule has 0 aliphatic carbocycles. The third-order valence-corrected chi connectivity index (χ3v) is 4.47. The van der Waals surface area contributed by atoms with Gasteiger partial charge in [0.1, 0.15) is 11.1 Å². The van der Waals surface area contributed by atoms with Crippen molar-refractivity contribution in [1.82, 2.24) is 15.0 Å². The number of nitrogens with zero attached hydrogens (tertiary/aromatic N) is 4. The molecule has 1 aromatic heterocycles. The second-order valence-corrected chi connectivity index (χ2v) is 6.85. The molecule has 0 bridgehead atoms. The van der Waals surface area contributed by atoms with Crippen molar-refractivity contribution in [3.8, 4) is 0 Å². The first kappa shape index (κ1) is 17.8. The molecule has 26 heavy (non-hydrogen) atoms. The number of fused-ring (bicyclic) bond motifs is 1. The monoisotopic (exact) mass is 348 g/mol. The summed E-state index contributed by atoms with van der Waals surface area (Å²) in [5, 5.41) is 18.9. The number of aromatic nitrogens is 3. The average molecular weight is 348 g/mol. The average Bonchev–Trinajstić information content (AvgIpc) is 2.96. The van der Waals surface area contributed by atoms with Gasteiger partial charge in [0.25, 0.3) is 0 Å². The first-order valence-electron chi connectivity index (χ1n) is 8.33. The summed E-state index contributed by atoms with van der Waals surface area (Å²) in [7, 11) is 0. The van der Waals surface area contributed by atoms with Crippen molar-refractivity contribution in [3.05, 3.63) is 64.5 Å². The van der Waals surface area contributed by atoms with E-state index in [0.29, 0.717) is 5.69 Å². The van der Waals surface area contributed by atoms with Gasteiger partial charge in [0.2, 0.25) is 0 Å². The molecule has 0 spiro atoms. The van der Waals surface area contributed by atoms with Gasteiger partial charge in [0.15, 0.2) is 11.5 Å². The number of carbonyl (C=O) groups is 1. The number of aryl methyl sites for hydroxylation is 2. The van der Waals surface area contributed by atoms with Crippen molar-refractivity contribution in [2.24, 2.45) is 0 Å². The second-order valence-electron chi connectivity index (χ2n) is 6.85. The fourth-order valence-electron chi connectivity index (χ4n) is 2.90. The molecule has 6 nitrogen and oxygen atoms in total. The Morgan fingerprint density at radius 3 is 2.73 bits per heavy atom. The van der Waals surface area contributed by atoms with E-state index in [1.54, 1.807) is 16.8 Å². The van der Waals surface area contributed by atoms with Gasteiger partial charge in [0, 0.05) is 6.42 Å². The zero-order valence-electron chi connectivity index (χ0n) is 15.0. The summed E-state index contributed by atoms with van der Waals surface area (Å²) in [6, 6.07) is 11.0. The number of hydrogen-bond acceptors (Lipinski definition) is 4. The van der Waals surface area contributed by atoms with Crippen LogP contribution in [0.2, 0.25) is 0 Å². The summed E-state index contributed by atoms with van der Waals surface area (Å²) in [5.74, 6) is -0.302. The first-order valence-corrected chi connectivity index (χ1v) is 8.33. The molecule has 0 amide bonds. The van der Waals surface area contributed by atoms with E-state index >= 15 is 0 Å². The molecule has 0 aliphatic heterocycles. The van der Waals surface area contributed by atoms with Gasteiger partial charge in [-0.25, -0.2) is 9.53 Å². The Labute approximate surface area is 151 Å². The van der Waals surface area contributed by atoms with Crippen LogP contribution < -0.4 is 0 Å². The lowest BCUT2D eigenvalue weighted by Gasteiger charge is -2.22. The molecule has 0 aliphatic rings. The molecule has 1 heterocycles. The van der Waals surface area contributed by atoms with Gasteiger partial charge in [-0.2, -0.15) is 0 Å². The molecule has 0 unspecified atom stereocenters. The summed E-state index contributed by atoms with van der Waals surface area (Å²) >= 11 is 0. The fraction of sp³-hybridized carbons (Fsp3) is 0.300. The van der Waals surface area contributed by atoms with Crippen molar-refractivity contribution in [2.45, 2.75) is 39.3 Å². The van der Waals surface area contributed by atoms with Crippen molar-refractivity contribution < 1.29 is 9.90 Å². The van der Waals surface area contributed by atoms with Crippen LogP contribution in [0.4, 0.5) is 5.69 Å². The van der Waals surface area contributed by atoms with Crippen LogP contribution in [0.1, 0.15) is 23.6 Å². The van der Waals surface area contributed by atoms with Gasteiger partial charge in [-0.05, 0) is 49.6 Å². The van der Waals surface area contributed by atoms with E-state index in [0.717, 1.165) is 27.7 Å². The van der Waals surface area contributed by atoms with Crippen molar-refractivity contribution >= 4 is 22.5 Å². The van der Waals surface area contributed by atoms with Gasteiger partial charge in [-0.3, -0.25) is 4.79 Å². The highest BCUT2D eigenvalue weighted by Crippen LogP contribution is 2.22. The number of benzene rings is 2. The molecule has 0 saturated carbocycles. The Morgan fingerprint density at radius 1 is 1.27 bits per heavy atom. The summed E-state index contributed by atoms with van der Waals surface area (Å²) in [6.45, 7) is 12.4. The topological polar surface area (TPSA) is 72.4 Å². The van der Waals surface area contributed by atoms with E-state index in [2.05, 4.69) is 15.2 Å². The van der Waals surface area contributed by atoms with Crippen LogP contribution in [0.5, 0.6) is 0 Å². The van der Waals surface area contributed by atoms with Crippen molar-refractivity contribution in [3.63, 3.8) is 0 Å². The van der Waals surface area contributed by atoms with Crippen LogP contribution in [0.25, 0.3) is 15.9 Å². The number of rotatable bonds is 5. The molecule has 1 N–H and O–H groups in total. The van der Waals surface area contributed by atoms with E-state index in [1.807, 2.05) is 38.1 Å². The molecule has 0 saturated heterocycles. The van der Waals surface area contributed by atoms with Crippen molar-refractivity contribution in [2.75, 3.05) is 0 Å². The van der Waals surface area contributed by atoms with Gasteiger partial charge in [-0.15, -0.1) is 5.10 Å². The van der Waals surface area contributed by atoms with Crippen LogP contribution in [0.15, 0.2) is 36.4 Å². The van der Waals surface area contributed by atoms with E-state index in [9.17, 15) is 9.90 Å². The summed E-state index contributed by atoms with van der Waals surface area (Å²) in [6.07, 6.45) is 0.0950. The van der Waals surface area contributed by atoms with E-state index in [-0.39, 0.29) is 18.7 Å². The molecule has 0 radical (unpaired) electrons. The number of carbonyl (C=O) groups excluding carboxylic acids is 1. The lowest BCUT2D eigenvalue weighted by Crippen LogP contribution is -2.41. The number of hydrogen-bond donors (Lipinski definition) is 1. The third kappa shape index (κ3) is 3.48. The quantitative estimate of drug-likeness (QED) is 0.719. The standard InChI is InChI=1S/C20H20N4O2/c1-13-5-7-17-18(9-13)24(23-22-17)12-20(3,26)19(25)11-15-6-8-16(21-4)14(2)10-15/h5-10,26H,11-12H2,1-3H3/t20-/m0/s1. The third-order valence-electron chi connectivity index (χ3n) is 4.47. The summed E-state index contributed by atoms with van der Waals surface area (Å²) < 4.78 is 1.56. The molecule has 3 rings (SSSR count). The minimum absolute atomic E-state index is 0.0326. The van der Waals surface area contributed by atoms with Crippen LogP contribution in [-0.2, 0) is 17.8 Å². The molecule has 132 valence electrons. The Morgan fingerprint density at radius 2 is 2.04 bits per heavy atom. The van der Waals surface area contributed by atoms with Crippen LogP contribution in [0, 0.1) is 20.4 Å². The van der Waals surface area contributed by atoms with Crippen LogP contribution in [0.3, 0.4) is 0 Å². The van der Waals surface area contributed by atoms with Gasteiger partial charge < -0.3 is 5.11 Å². The van der Waals surface area contributed by atoms with Gasteiger partial charge in [-0.1, -0.05) is 29.5 Å². The summed E-state index contributed by atoms with van der Waals surface area (Å²) in [5.41, 5.74) is 3.16.